The number of aryl methyl sites for hydroxylation is 2. The second-order valence-corrected chi connectivity index (χ2v) is 8.06. The van der Waals surface area contributed by atoms with Crippen LogP contribution in [-0.4, -0.2) is 41.2 Å². The summed E-state index contributed by atoms with van der Waals surface area (Å²) in [6, 6.07) is 8.51. The molecule has 28 heavy (non-hydrogen) atoms. The van der Waals surface area contributed by atoms with E-state index in [-0.39, 0.29) is 24.3 Å². The average molecular weight is 380 g/mol. The quantitative estimate of drug-likeness (QED) is 0.753. The van der Waals surface area contributed by atoms with Crippen LogP contribution in [0, 0.1) is 0 Å². The van der Waals surface area contributed by atoms with Crippen molar-refractivity contribution in [1.29, 1.82) is 0 Å². The number of H-pyrrole nitrogens is 1. The van der Waals surface area contributed by atoms with Gasteiger partial charge in [-0.1, -0.05) is 18.2 Å². The number of amides is 1. The van der Waals surface area contributed by atoms with E-state index >= 15 is 0 Å². The minimum absolute atomic E-state index is 0.00142. The Morgan fingerprint density at radius 3 is 2.61 bits per heavy atom. The van der Waals surface area contributed by atoms with Crippen LogP contribution in [0.3, 0.4) is 0 Å². The van der Waals surface area contributed by atoms with E-state index < -0.39 is 0 Å². The third-order valence-corrected chi connectivity index (χ3v) is 6.07. The summed E-state index contributed by atoms with van der Waals surface area (Å²) in [6.07, 6.45) is 8.66. The van der Waals surface area contributed by atoms with Crippen molar-refractivity contribution in [2.24, 2.45) is 0 Å². The molecule has 2 aliphatic rings. The number of nitrogens with one attached hydrogen (secondary N) is 2. The number of nitrogens with zero attached hydrogens (tertiary/aromatic N) is 1. The molecule has 0 radical (unpaired) electrons. The van der Waals surface area contributed by atoms with E-state index in [2.05, 4.69) is 35.4 Å². The lowest BCUT2D eigenvalue weighted by atomic mass is 9.89. The molecule has 0 spiro atoms. The number of hydrogen-bond acceptors (Lipinski definition) is 3. The van der Waals surface area contributed by atoms with Crippen LogP contribution in [0.15, 0.2) is 30.5 Å². The summed E-state index contributed by atoms with van der Waals surface area (Å²) in [5.74, 6) is -0.00605. The highest BCUT2D eigenvalue weighted by Crippen LogP contribution is 2.24. The summed E-state index contributed by atoms with van der Waals surface area (Å²) in [5, 5.41) is 3.34. The van der Waals surface area contributed by atoms with Gasteiger partial charge in [0.05, 0.1) is 6.54 Å². The van der Waals surface area contributed by atoms with Gasteiger partial charge in [-0.3, -0.25) is 9.59 Å². The number of aromatic nitrogens is 1. The van der Waals surface area contributed by atoms with E-state index in [0.29, 0.717) is 11.3 Å². The van der Waals surface area contributed by atoms with E-state index in [1.807, 2.05) is 4.90 Å². The Hall–Kier alpha value is -2.40. The van der Waals surface area contributed by atoms with Crippen molar-refractivity contribution < 1.29 is 9.59 Å². The van der Waals surface area contributed by atoms with Gasteiger partial charge in [-0.05, 0) is 68.2 Å². The molecule has 1 aliphatic carbocycles. The topological polar surface area (TPSA) is 65.2 Å². The number of aromatic amines is 1. The maximum atomic E-state index is 12.6. The molecule has 1 amide bonds. The molecule has 1 saturated heterocycles. The number of rotatable bonds is 6. The fourth-order valence-electron chi connectivity index (χ4n) is 4.26. The Balaban J connectivity index is 1.34. The van der Waals surface area contributed by atoms with Gasteiger partial charge in [0.2, 0.25) is 0 Å². The fraction of sp³-hybridized carbons (Fsp3) is 0.478. The van der Waals surface area contributed by atoms with Crippen molar-refractivity contribution in [1.82, 2.24) is 15.2 Å². The van der Waals surface area contributed by atoms with Crippen LogP contribution in [0.25, 0.3) is 0 Å². The van der Waals surface area contributed by atoms with Crippen LogP contribution in [0.2, 0.25) is 0 Å². The number of carbonyl (C=O) groups excluding carboxylic acids is 2. The molecule has 2 heterocycles. The highest BCUT2D eigenvalue weighted by atomic mass is 16.2. The maximum Gasteiger partial charge on any atom is 0.270 e. The van der Waals surface area contributed by atoms with Crippen molar-refractivity contribution in [3.05, 3.63) is 58.4 Å². The Morgan fingerprint density at radius 1 is 1.07 bits per heavy atom. The molecule has 5 nitrogen and oxygen atoms in total. The van der Waals surface area contributed by atoms with Crippen LogP contribution in [0.4, 0.5) is 0 Å². The first-order valence-corrected chi connectivity index (χ1v) is 10.5. The van der Waals surface area contributed by atoms with Crippen molar-refractivity contribution in [2.75, 3.05) is 19.6 Å². The van der Waals surface area contributed by atoms with E-state index in [9.17, 15) is 9.59 Å². The molecule has 1 atom stereocenters. The lowest BCUT2D eigenvalue weighted by molar-refractivity contribution is 0.0787. The molecule has 0 bridgehead atoms. The zero-order valence-electron chi connectivity index (χ0n) is 16.6. The van der Waals surface area contributed by atoms with E-state index in [4.69, 9.17) is 0 Å². The third-order valence-electron chi connectivity index (χ3n) is 6.07. The maximum absolute atomic E-state index is 12.6. The predicted octanol–water partition coefficient (Wildman–Crippen LogP) is 3.66. The van der Waals surface area contributed by atoms with E-state index in [1.165, 1.54) is 36.0 Å². The van der Waals surface area contributed by atoms with Gasteiger partial charge in [-0.2, -0.15) is 0 Å². The minimum atomic E-state index is -0.00747. The molecule has 1 aromatic carbocycles. The summed E-state index contributed by atoms with van der Waals surface area (Å²) < 4.78 is 0. The van der Waals surface area contributed by atoms with Gasteiger partial charge in [0.1, 0.15) is 5.69 Å². The molecule has 2 N–H and O–H groups in total. The number of fused-ring (bicyclic) bond motifs is 1. The average Bonchev–Trinajstić information content (AvgIpc) is 3.43. The molecule has 1 unspecified atom stereocenters. The van der Waals surface area contributed by atoms with Crippen LogP contribution >= 0.6 is 0 Å². The summed E-state index contributed by atoms with van der Waals surface area (Å²) >= 11 is 0. The molecular formula is C23H29N3O2. The van der Waals surface area contributed by atoms with E-state index in [0.717, 1.165) is 32.4 Å². The molecule has 1 aromatic heterocycles. The lowest BCUT2D eigenvalue weighted by Crippen LogP contribution is -2.28. The molecule has 1 fully saturated rings. The van der Waals surface area contributed by atoms with Crippen molar-refractivity contribution in [2.45, 2.75) is 51.5 Å². The van der Waals surface area contributed by atoms with Crippen LogP contribution in [-0.2, 0) is 12.8 Å². The van der Waals surface area contributed by atoms with Crippen LogP contribution in [0.1, 0.15) is 76.2 Å². The number of ketones is 1. The first-order valence-electron chi connectivity index (χ1n) is 10.5. The number of hydrogen-bond donors (Lipinski definition) is 2. The molecule has 0 saturated carbocycles. The second-order valence-electron chi connectivity index (χ2n) is 8.06. The summed E-state index contributed by atoms with van der Waals surface area (Å²) in [5.41, 5.74) is 5.23. The van der Waals surface area contributed by atoms with Gasteiger partial charge in [-0.15, -0.1) is 0 Å². The van der Waals surface area contributed by atoms with Gasteiger partial charge in [0, 0.05) is 30.9 Å². The molecule has 5 heteroatoms. The van der Waals surface area contributed by atoms with Gasteiger partial charge in [0.25, 0.3) is 5.91 Å². The van der Waals surface area contributed by atoms with Crippen molar-refractivity contribution in [3.8, 4) is 0 Å². The van der Waals surface area contributed by atoms with Gasteiger partial charge in [-0.25, -0.2) is 0 Å². The highest BCUT2D eigenvalue weighted by Gasteiger charge is 2.22. The van der Waals surface area contributed by atoms with E-state index in [1.54, 1.807) is 12.3 Å². The molecule has 4 rings (SSSR count). The molecule has 148 valence electrons. The van der Waals surface area contributed by atoms with Crippen molar-refractivity contribution >= 4 is 11.7 Å². The van der Waals surface area contributed by atoms with Crippen LogP contribution in [0.5, 0.6) is 0 Å². The highest BCUT2D eigenvalue weighted by molar-refractivity contribution is 6.01. The van der Waals surface area contributed by atoms with Crippen LogP contribution < -0.4 is 5.32 Å². The van der Waals surface area contributed by atoms with Gasteiger partial charge < -0.3 is 15.2 Å². The molecular weight excluding hydrogens is 350 g/mol. The number of carbonyl (C=O) groups is 2. The number of Topliss-reactive ketones (excluding diaryl/α,β-unsaturated/α-hetero) is 1. The standard InChI is InChI=1S/C23H29N3O2/c1-16(18-9-8-17-6-2-3-7-19(17)12-18)24-15-22(27)20-13-21(25-14-20)23(28)26-10-4-5-11-26/h8-9,12-14,16,24-25H,2-7,10-11,15H2,1H3. The Labute approximate surface area is 166 Å². The smallest absolute Gasteiger partial charge is 0.270 e. The minimum Gasteiger partial charge on any atom is -0.356 e. The predicted molar refractivity (Wildman–Crippen MR) is 110 cm³/mol. The monoisotopic (exact) mass is 379 g/mol. The normalized spacial score (nSPS) is 17.4. The largest absolute Gasteiger partial charge is 0.356 e. The SMILES string of the molecule is CC(NCC(=O)c1c[nH]c(C(=O)N2CCCC2)c1)c1ccc2c(c1)CCCC2. The number of likely N-dealkylation sites (tertiary alicyclic amines) is 1. The second kappa shape index (κ2) is 8.31. The molecule has 1 aliphatic heterocycles. The third kappa shape index (κ3) is 4.04. The zero-order valence-corrected chi connectivity index (χ0v) is 16.6. The molecule has 2 aromatic rings. The fourth-order valence-corrected chi connectivity index (χ4v) is 4.26. The summed E-state index contributed by atoms with van der Waals surface area (Å²) in [6.45, 7) is 3.96. The Kier molecular flexibility index (Phi) is 5.62. The Morgan fingerprint density at radius 2 is 1.82 bits per heavy atom. The summed E-state index contributed by atoms with van der Waals surface area (Å²) in [7, 11) is 0. The van der Waals surface area contributed by atoms with Gasteiger partial charge in [0.15, 0.2) is 5.78 Å². The first kappa shape index (κ1) is 18.9. The number of benzene rings is 1. The summed E-state index contributed by atoms with van der Waals surface area (Å²) in [4.78, 5) is 29.8. The first-order chi connectivity index (χ1) is 13.6. The van der Waals surface area contributed by atoms with Crippen molar-refractivity contribution in [3.63, 3.8) is 0 Å². The zero-order chi connectivity index (χ0) is 19.5. The Bertz CT molecular complexity index is 864. The lowest BCUT2D eigenvalue weighted by Gasteiger charge is -2.19. The van der Waals surface area contributed by atoms with Gasteiger partial charge >= 0.3 is 0 Å².